The number of benzene rings is 2. The summed E-state index contributed by atoms with van der Waals surface area (Å²) < 4.78 is 5.02. The number of aldehydes is 1. The van der Waals surface area contributed by atoms with Gasteiger partial charge in [0.1, 0.15) is 0 Å². The lowest BCUT2D eigenvalue weighted by atomic mass is 9.96. The molecular weight excluding hydrogens is 252 g/mol. The van der Waals surface area contributed by atoms with Crippen molar-refractivity contribution in [3.63, 3.8) is 0 Å². The summed E-state index contributed by atoms with van der Waals surface area (Å²) in [5.41, 5.74) is 3.33. The van der Waals surface area contributed by atoms with E-state index in [0.717, 1.165) is 11.8 Å². The number of aromatic hydroxyl groups is 1. The van der Waals surface area contributed by atoms with Crippen molar-refractivity contribution in [2.24, 2.45) is 0 Å². The number of phenols is 1. The number of phenolic OH excluding ortho intramolecular Hbond substituents is 1. The highest BCUT2D eigenvalue weighted by molar-refractivity contribution is 5.89. The molecule has 2 aromatic rings. The van der Waals surface area contributed by atoms with Crippen LogP contribution in [0.2, 0.25) is 0 Å². The van der Waals surface area contributed by atoms with E-state index < -0.39 is 0 Å². The zero-order valence-corrected chi connectivity index (χ0v) is 11.9. The maximum Gasteiger partial charge on any atom is 0.161 e. The molecule has 0 aliphatic heterocycles. The number of rotatable bonds is 4. The van der Waals surface area contributed by atoms with E-state index in [2.05, 4.69) is 13.8 Å². The summed E-state index contributed by atoms with van der Waals surface area (Å²) in [5, 5.41) is 9.87. The fraction of sp³-hybridized carbons (Fsp3) is 0.235. The third-order valence-electron chi connectivity index (χ3n) is 3.37. The molecule has 0 saturated carbocycles. The van der Waals surface area contributed by atoms with Crippen molar-refractivity contribution >= 4 is 6.29 Å². The van der Waals surface area contributed by atoms with Gasteiger partial charge in [-0.1, -0.05) is 38.1 Å². The van der Waals surface area contributed by atoms with E-state index in [1.807, 2.05) is 24.3 Å². The quantitative estimate of drug-likeness (QED) is 0.854. The Bertz CT molecular complexity index is 613. The fourth-order valence-electron chi connectivity index (χ4n) is 2.14. The lowest BCUT2D eigenvalue weighted by Gasteiger charge is -2.11. The smallest absolute Gasteiger partial charge is 0.161 e. The maximum absolute atomic E-state index is 11.2. The fourth-order valence-corrected chi connectivity index (χ4v) is 2.14. The van der Waals surface area contributed by atoms with Gasteiger partial charge in [0.15, 0.2) is 17.8 Å². The van der Waals surface area contributed by atoms with E-state index in [1.165, 1.54) is 12.7 Å². The van der Waals surface area contributed by atoms with Crippen LogP contribution in [0.25, 0.3) is 11.1 Å². The summed E-state index contributed by atoms with van der Waals surface area (Å²) in [6, 6.07) is 11.1. The maximum atomic E-state index is 11.2. The minimum absolute atomic E-state index is 0.0287. The number of carbonyl (C=O) groups is 1. The third-order valence-corrected chi connectivity index (χ3v) is 3.37. The Kier molecular flexibility index (Phi) is 4.08. The molecule has 0 spiro atoms. The van der Waals surface area contributed by atoms with E-state index in [0.29, 0.717) is 22.8 Å². The van der Waals surface area contributed by atoms with Gasteiger partial charge in [0.25, 0.3) is 0 Å². The molecule has 0 aromatic heterocycles. The van der Waals surface area contributed by atoms with Crippen molar-refractivity contribution in [3.8, 4) is 22.6 Å². The van der Waals surface area contributed by atoms with Gasteiger partial charge >= 0.3 is 0 Å². The van der Waals surface area contributed by atoms with Gasteiger partial charge < -0.3 is 9.84 Å². The molecular formula is C17H18O3. The number of hydrogen-bond acceptors (Lipinski definition) is 3. The van der Waals surface area contributed by atoms with Crippen LogP contribution in [-0.4, -0.2) is 18.5 Å². The van der Waals surface area contributed by atoms with E-state index in [9.17, 15) is 9.90 Å². The van der Waals surface area contributed by atoms with Gasteiger partial charge in [-0.3, -0.25) is 4.79 Å². The van der Waals surface area contributed by atoms with Crippen LogP contribution in [0.15, 0.2) is 36.4 Å². The standard InChI is InChI=1S/C17H18O3/c1-11(2)12-4-6-13(7-5-12)15-9-16(19)17(20-3)8-14(15)10-18/h4-11,19H,1-3H3. The Balaban J connectivity index is 2.51. The van der Waals surface area contributed by atoms with Crippen LogP contribution >= 0.6 is 0 Å². The highest BCUT2D eigenvalue weighted by Crippen LogP contribution is 2.34. The first-order valence-electron chi connectivity index (χ1n) is 6.53. The summed E-state index contributed by atoms with van der Waals surface area (Å²) in [5.74, 6) is 0.787. The molecule has 3 nitrogen and oxygen atoms in total. The minimum Gasteiger partial charge on any atom is -0.504 e. The minimum atomic E-state index is 0.0287. The second-order valence-corrected chi connectivity index (χ2v) is 5.01. The molecule has 0 amide bonds. The van der Waals surface area contributed by atoms with E-state index in [-0.39, 0.29) is 5.75 Å². The SMILES string of the molecule is COc1cc(C=O)c(-c2ccc(C(C)C)cc2)cc1O. The molecule has 0 bridgehead atoms. The first-order chi connectivity index (χ1) is 9.56. The Morgan fingerprint density at radius 3 is 2.30 bits per heavy atom. The van der Waals surface area contributed by atoms with Crippen LogP contribution in [0.5, 0.6) is 11.5 Å². The molecule has 0 heterocycles. The molecule has 104 valence electrons. The molecule has 0 radical (unpaired) electrons. The molecule has 2 aromatic carbocycles. The second-order valence-electron chi connectivity index (χ2n) is 5.01. The average Bonchev–Trinajstić information content (AvgIpc) is 2.47. The van der Waals surface area contributed by atoms with Crippen LogP contribution in [0.3, 0.4) is 0 Å². The predicted octanol–water partition coefficient (Wildman–Crippen LogP) is 4.00. The lowest BCUT2D eigenvalue weighted by molar-refractivity contribution is 0.112. The third kappa shape index (κ3) is 2.67. The van der Waals surface area contributed by atoms with Crippen molar-refractivity contribution in [2.45, 2.75) is 19.8 Å². The molecule has 0 fully saturated rings. The van der Waals surface area contributed by atoms with Crippen molar-refractivity contribution in [3.05, 3.63) is 47.5 Å². The first-order valence-corrected chi connectivity index (χ1v) is 6.53. The summed E-state index contributed by atoms with van der Waals surface area (Å²) in [6.07, 6.45) is 0.771. The van der Waals surface area contributed by atoms with Crippen molar-refractivity contribution in [2.75, 3.05) is 7.11 Å². The molecule has 3 heteroatoms. The topological polar surface area (TPSA) is 46.5 Å². The molecule has 0 unspecified atom stereocenters. The second kappa shape index (κ2) is 5.78. The first kappa shape index (κ1) is 14.1. The van der Waals surface area contributed by atoms with Crippen molar-refractivity contribution in [1.82, 2.24) is 0 Å². The Hall–Kier alpha value is -2.29. The monoisotopic (exact) mass is 270 g/mol. The van der Waals surface area contributed by atoms with Gasteiger partial charge in [0, 0.05) is 5.56 Å². The summed E-state index contributed by atoms with van der Waals surface area (Å²) in [7, 11) is 1.46. The lowest BCUT2D eigenvalue weighted by Crippen LogP contribution is -1.92. The van der Waals surface area contributed by atoms with E-state index in [4.69, 9.17) is 4.74 Å². The molecule has 0 atom stereocenters. The van der Waals surface area contributed by atoms with Gasteiger partial charge in [0.2, 0.25) is 0 Å². The van der Waals surface area contributed by atoms with Gasteiger partial charge in [0.05, 0.1) is 7.11 Å². The molecule has 2 rings (SSSR count). The van der Waals surface area contributed by atoms with Crippen LogP contribution in [0.1, 0.15) is 35.7 Å². The van der Waals surface area contributed by atoms with Gasteiger partial charge in [-0.05, 0) is 34.7 Å². The summed E-state index contributed by atoms with van der Waals surface area (Å²) >= 11 is 0. The van der Waals surface area contributed by atoms with Crippen LogP contribution < -0.4 is 4.74 Å². The van der Waals surface area contributed by atoms with E-state index >= 15 is 0 Å². The molecule has 0 aliphatic rings. The van der Waals surface area contributed by atoms with Crippen molar-refractivity contribution in [1.29, 1.82) is 0 Å². The number of methoxy groups -OCH3 is 1. The molecule has 0 aliphatic carbocycles. The van der Waals surface area contributed by atoms with Crippen LogP contribution in [0, 0.1) is 0 Å². The summed E-state index contributed by atoms with van der Waals surface area (Å²) in [6.45, 7) is 4.26. The Morgan fingerprint density at radius 1 is 1.15 bits per heavy atom. The van der Waals surface area contributed by atoms with Gasteiger partial charge in [-0.25, -0.2) is 0 Å². The average molecular weight is 270 g/mol. The zero-order valence-electron chi connectivity index (χ0n) is 11.9. The van der Waals surface area contributed by atoms with Crippen LogP contribution in [0.4, 0.5) is 0 Å². The predicted molar refractivity (Wildman–Crippen MR) is 79.6 cm³/mol. The molecule has 20 heavy (non-hydrogen) atoms. The van der Waals surface area contributed by atoms with Crippen molar-refractivity contribution < 1.29 is 14.6 Å². The highest BCUT2D eigenvalue weighted by Gasteiger charge is 2.11. The normalized spacial score (nSPS) is 10.6. The van der Waals surface area contributed by atoms with Gasteiger partial charge in [-0.15, -0.1) is 0 Å². The Labute approximate surface area is 118 Å². The molecule has 1 N–H and O–H groups in total. The number of carbonyl (C=O) groups excluding carboxylic acids is 1. The van der Waals surface area contributed by atoms with E-state index in [1.54, 1.807) is 12.1 Å². The number of hydrogen-bond donors (Lipinski definition) is 1. The van der Waals surface area contributed by atoms with Gasteiger partial charge in [-0.2, -0.15) is 0 Å². The molecule has 0 saturated heterocycles. The zero-order chi connectivity index (χ0) is 14.7. The highest BCUT2D eigenvalue weighted by atomic mass is 16.5. The van der Waals surface area contributed by atoms with Crippen LogP contribution in [-0.2, 0) is 0 Å². The number of ether oxygens (including phenoxy) is 1. The largest absolute Gasteiger partial charge is 0.504 e. The Morgan fingerprint density at radius 2 is 1.80 bits per heavy atom. The summed E-state index contributed by atoms with van der Waals surface area (Å²) in [4.78, 5) is 11.2.